The summed E-state index contributed by atoms with van der Waals surface area (Å²) in [4.78, 5) is 17.0. The van der Waals surface area contributed by atoms with Crippen molar-refractivity contribution in [2.45, 2.75) is 39.2 Å². The Hall–Kier alpha value is -0.610. The molecule has 0 spiro atoms. The lowest BCUT2D eigenvalue weighted by Gasteiger charge is -2.28. The minimum atomic E-state index is -0.409. The molecular weight excluding hydrogens is 180 g/mol. The predicted octanol–water partition coefficient (Wildman–Crippen LogP) is 0.914. The monoisotopic (exact) mass is 200 g/mol. The second-order valence-corrected chi connectivity index (χ2v) is 4.22. The fraction of sp³-hybridized carbons (Fsp3) is 0.900. The van der Waals surface area contributed by atoms with Gasteiger partial charge in [-0.05, 0) is 25.2 Å². The van der Waals surface area contributed by atoms with E-state index in [-0.39, 0.29) is 5.91 Å². The van der Waals surface area contributed by atoms with Crippen LogP contribution in [-0.4, -0.2) is 30.2 Å². The summed E-state index contributed by atoms with van der Waals surface area (Å²) in [5.41, 5.74) is 5.78. The van der Waals surface area contributed by atoms with E-state index in [9.17, 15) is 4.79 Å². The third-order valence-electron chi connectivity index (χ3n) is 2.29. The molecule has 2 N–H and O–H groups in total. The SMILES string of the molecule is CC(C)CC(N)C(=O)N1CCCCO1. The van der Waals surface area contributed by atoms with Gasteiger partial charge in [0.1, 0.15) is 0 Å². The number of amides is 1. The maximum absolute atomic E-state index is 11.7. The number of hydrogen-bond acceptors (Lipinski definition) is 3. The smallest absolute Gasteiger partial charge is 0.263 e. The second kappa shape index (κ2) is 5.32. The first-order valence-corrected chi connectivity index (χ1v) is 5.31. The van der Waals surface area contributed by atoms with Crippen molar-refractivity contribution in [2.75, 3.05) is 13.2 Å². The Morgan fingerprint density at radius 3 is 2.71 bits per heavy atom. The molecular formula is C10H20N2O2. The number of hydroxylamine groups is 2. The van der Waals surface area contributed by atoms with Gasteiger partial charge in [0, 0.05) is 6.54 Å². The van der Waals surface area contributed by atoms with Crippen molar-refractivity contribution in [3.8, 4) is 0 Å². The van der Waals surface area contributed by atoms with Gasteiger partial charge >= 0.3 is 0 Å². The molecule has 0 aromatic heterocycles. The van der Waals surface area contributed by atoms with Gasteiger partial charge in [-0.3, -0.25) is 9.63 Å². The average Bonchev–Trinajstić information content (AvgIpc) is 2.17. The van der Waals surface area contributed by atoms with Crippen LogP contribution in [0.5, 0.6) is 0 Å². The molecule has 1 amide bonds. The van der Waals surface area contributed by atoms with Crippen LogP contribution in [0.25, 0.3) is 0 Å². The molecule has 1 aliphatic rings. The molecule has 82 valence electrons. The van der Waals surface area contributed by atoms with E-state index >= 15 is 0 Å². The molecule has 1 saturated heterocycles. The molecule has 0 aromatic carbocycles. The highest BCUT2D eigenvalue weighted by Gasteiger charge is 2.24. The first kappa shape index (κ1) is 11.5. The van der Waals surface area contributed by atoms with E-state index in [1.165, 1.54) is 5.06 Å². The van der Waals surface area contributed by atoms with Crippen molar-refractivity contribution in [1.29, 1.82) is 0 Å². The molecule has 0 radical (unpaired) electrons. The third-order valence-corrected chi connectivity index (χ3v) is 2.29. The number of carbonyl (C=O) groups excluding carboxylic acids is 1. The Balaban J connectivity index is 2.38. The zero-order chi connectivity index (χ0) is 10.6. The Bertz CT molecular complexity index is 189. The Morgan fingerprint density at radius 1 is 1.50 bits per heavy atom. The lowest BCUT2D eigenvalue weighted by Crippen LogP contribution is -2.46. The van der Waals surface area contributed by atoms with Crippen LogP contribution in [0.2, 0.25) is 0 Å². The lowest BCUT2D eigenvalue weighted by molar-refractivity contribution is -0.198. The van der Waals surface area contributed by atoms with Crippen molar-refractivity contribution in [1.82, 2.24) is 5.06 Å². The van der Waals surface area contributed by atoms with Crippen LogP contribution in [-0.2, 0) is 9.63 Å². The van der Waals surface area contributed by atoms with E-state index in [1.54, 1.807) is 0 Å². The van der Waals surface area contributed by atoms with Gasteiger partial charge in [-0.25, -0.2) is 5.06 Å². The first-order valence-electron chi connectivity index (χ1n) is 5.31. The van der Waals surface area contributed by atoms with E-state index < -0.39 is 6.04 Å². The molecule has 1 fully saturated rings. The Kier molecular flexibility index (Phi) is 4.35. The van der Waals surface area contributed by atoms with Crippen LogP contribution in [0.1, 0.15) is 33.1 Å². The van der Waals surface area contributed by atoms with Crippen LogP contribution < -0.4 is 5.73 Å². The fourth-order valence-corrected chi connectivity index (χ4v) is 1.56. The number of rotatable bonds is 3. The molecule has 1 atom stereocenters. The summed E-state index contributed by atoms with van der Waals surface area (Å²) in [5, 5.41) is 1.43. The van der Waals surface area contributed by atoms with E-state index in [4.69, 9.17) is 10.6 Å². The highest BCUT2D eigenvalue weighted by Crippen LogP contribution is 2.10. The lowest BCUT2D eigenvalue weighted by atomic mass is 10.0. The van der Waals surface area contributed by atoms with E-state index in [1.807, 2.05) is 0 Å². The van der Waals surface area contributed by atoms with Crippen molar-refractivity contribution in [3.63, 3.8) is 0 Å². The van der Waals surface area contributed by atoms with E-state index in [0.29, 0.717) is 19.1 Å². The van der Waals surface area contributed by atoms with Crippen molar-refractivity contribution in [3.05, 3.63) is 0 Å². The maximum Gasteiger partial charge on any atom is 0.263 e. The summed E-state index contributed by atoms with van der Waals surface area (Å²) in [5.74, 6) is 0.372. The summed E-state index contributed by atoms with van der Waals surface area (Å²) >= 11 is 0. The topological polar surface area (TPSA) is 55.6 Å². The Labute approximate surface area is 85.3 Å². The summed E-state index contributed by atoms with van der Waals surface area (Å²) < 4.78 is 0. The summed E-state index contributed by atoms with van der Waals surface area (Å²) in [7, 11) is 0. The van der Waals surface area contributed by atoms with Crippen molar-refractivity contribution in [2.24, 2.45) is 11.7 Å². The summed E-state index contributed by atoms with van der Waals surface area (Å²) in [6.07, 6.45) is 2.77. The highest BCUT2D eigenvalue weighted by atomic mass is 16.7. The van der Waals surface area contributed by atoms with Gasteiger partial charge in [-0.2, -0.15) is 0 Å². The Morgan fingerprint density at radius 2 is 2.21 bits per heavy atom. The van der Waals surface area contributed by atoms with Gasteiger partial charge in [0.25, 0.3) is 5.91 Å². The molecule has 0 aliphatic carbocycles. The molecule has 1 rings (SSSR count). The van der Waals surface area contributed by atoms with E-state index in [0.717, 1.165) is 19.3 Å². The van der Waals surface area contributed by atoms with E-state index in [2.05, 4.69) is 13.8 Å². The van der Waals surface area contributed by atoms with Crippen molar-refractivity contribution < 1.29 is 9.63 Å². The highest BCUT2D eigenvalue weighted by molar-refractivity contribution is 5.80. The molecule has 1 aliphatic heterocycles. The van der Waals surface area contributed by atoms with Crippen LogP contribution >= 0.6 is 0 Å². The molecule has 0 bridgehead atoms. The quantitative estimate of drug-likeness (QED) is 0.737. The molecule has 0 aromatic rings. The van der Waals surface area contributed by atoms with Crippen LogP contribution in [0, 0.1) is 5.92 Å². The molecule has 14 heavy (non-hydrogen) atoms. The molecule has 4 nitrogen and oxygen atoms in total. The van der Waals surface area contributed by atoms with Crippen LogP contribution in [0.4, 0.5) is 0 Å². The van der Waals surface area contributed by atoms with Crippen molar-refractivity contribution >= 4 is 5.91 Å². The van der Waals surface area contributed by atoms with Gasteiger partial charge in [0.05, 0.1) is 12.6 Å². The molecule has 1 unspecified atom stereocenters. The van der Waals surface area contributed by atoms with Crippen LogP contribution in [0.15, 0.2) is 0 Å². The standard InChI is InChI=1S/C10H20N2O2/c1-8(2)7-9(11)10(13)12-5-3-4-6-14-12/h8-9H,3-7,11H2,1-2H3. The first-order chi connectivity index (χ1) is 6.61. The number of nitrogens with two attached hydrogens (primary N) is 1. The average molecular weight is 200 g/mol. The number of hydrogen-bond donors (Lipinski definition) is 1. The maximum atomic E-state index is 11.7. The second-order valence-electron chi connectivity index (χ2n) is 4.22. The molecule has 4 heteroatoms. The number of nitrogens with zero attached hydrogens (tertiary/aromatic N) is 1. The van der Waals surface area contributed by atoms with Gasteiger partial charge in [-0.1, -0.05) is 13.8 Å². The van der Waals surface area contributed by atoms with Gasteiger partial charge in [-0.15, -0.1) is 0 Å². The normalized spacial score (nSPS) is 19.9. The third kappa shape index (κ3) is 3.27. The summed E-state index contributed by atoms with van der Waals surface area (Å²) in [6.45, 7) is 5.44. The largest absolute Gasteiger partial charge is 0.320 e. The zero-order valence-corrected chi connectivity index (χ0v) is 9.03. The predicted molar refractivity (Wildman–Crippen MR) is 54.3 cm³/mol. The van der Waals surface area contributed by atoms with Crippen LogP contribution in [0.3, 0.4) is 0 Å². The minimum absolute atomic E-state index is 0.0709. The minimum Gasteiger partial charge on any atom is -0.320 e. The molecule has 0 saturated carbocycles. The fourth-order valence-electron chi connectivity index (χ4n) is 1.56. The van der Waals surface area contributed by atoms with Gasteiger partial charge < -0.3 is 5.73 Å². The van der Waals surface area contributed by atoms with Gasteiger partial charge in [0.15, 0.2) is 0 Å². The number of carbonyl (C=O) groups is 1. The summed E-state index contributed by atoms with van der Waals surface area (Å²) in [6, 6.07) is -0.409. The van der Waals surface area contributed by atoms with Gasteiger partial charge in [0.2, 0.25) is 0 Å². The molecule has 1 heterocycles. The zero-order valence-electron chi connectivity index (χ0n) is 9.03.